The molecule has 0 radical (unpaired) electrons. The van der Waals surface area contributed by atoms with Gasteiger partial charge in [-0.05, 0) is 60.1 Å². The van der Waals surface area contributed by atoms with Crippen LogP contribution < -0.4 is 15.0 Å². The molecule has 1 fully saturated rings. The Labute approximate surface area is 183 Å². The topological polar surface area (TPSA) is 57.7 Å². The summed E-state index contributed by atoms with van der Waals surface area (Å²) in [6, 6.07) is 16.2. The Morgan fingerprint density at radius 1 is 1.06 bits per heavy atom. The largest absolute Gasteiger partial charge is 0.497 e. The summed E-state index contributed by atoms with van der Waals surface area (Å²) in [6.45, 7) is 6.48. The number of likely N-dealkylation sites (N-methyl/N-ethyl adjacent to an activating group) is 1. The van der Waals surface area contributed by atoms with E-state index in [1.165, 1.54) is 0 Å². The number of pyridine rings is 1. The lowest BCUT2D eigenvalue weighted by molar-refractivity contribution is -0.122. The van der Waals surface area contributed by atoms with Crippen LogP contribution in [0.5, 0.6) is 5.75 Å². The second-order valence-corrected chi connectivity index (χ2v) is 8.22. The molecule has 3 aromatic rings. The molecule has 0 unspecified atom stereocenters. The van der Waals surface area contributed by atoms with Crippen molar-refractivity contribution in [2.45, 2.75) is 19.4 Å². The number of nitrogens with one attached hydrogen (secondary N) is 1. The van der Waals surface area contributed by atoms with Gasteiger partial charge in [0.1, 0.15) is 11.6 Å². The number of aromatic nitrogens is 1. The summed E-state index contributed by atoms with van der Waals surface area (Å²) in [4.78, 5) is 22.0. The van der Waals surface area contributed by atoms with Crippen molar-refractivity contribution in [3.8, 4) is 5.75 Å². The lowest BCUT2D eigenvalue weighted by Gasteiger charge is -2.33. The molecule has 0 spiro atoms. The first-order chi connectivity index (χ1) is 15.0. The summed E-state index contributed by atoms with van der Waals surface area (Å²) in [7, 11) is 3.81. The minimum atomic E-state index is -0.231. The van der Waals surface area contributed by atoms with Gasteiger partial charge in [0.05, 0.1) is 13.0 Å². The summed E-state index contributed by atoms with van der Waals surface area (Å²) in [5.74, 6) is 1.61. The number of hydrogen-bond acceptors (Lipinski definition) is 5. The number of amides is 1. The predicted molar refractivity (Wildman–Crippen MR) is 125 cm³/mol. The molecule has 1 amide bonds. The van der Waals surface area contributed by atoms with E-state index in [4.69, 9.17) is 4.74 Å². The Morgan fingerprint density at radius 2 is 1.81 bits per heavy atom. The number of carbonyl (C=O) groups is 1. The number of fused-ring (bicyclic) bond motifs is 1. The second kappa shape index (κ2) is 9.35. The van der Waals surface area contributed by atoms with Crippen molar-refractivity contribution >= 4 is 22.5 Å². The highest BCUT2D eigenvalue weighted by molar-refractivity contribution is 5.88. The first-order valence-corrected chi connectivity index (χ1v) is 10.8. The number of rotatable bonds is 6. The van der Waals surface area contributed by atoms with Gasteiger partial charge in [0.25, 0.3) is 0 Å². The van der Waals surface area contributed by atoms with E-state index in [1.54, 1.807) is 7.11 Å². The van der Waals surface area contributed by atoms with E-state index < -0.39 is 0 Å². The lowest BCUT2D eigenvalue weighted by atomic mass is 9.97. The van der Waals surface area contributed by atoms with Gasteiger partial charge in [-0.3, -0.25) is 4.79 Å². The normalized spacial score (nSPS) is 15.6. The first kappa shape index (κ1) is 21.1. The molecule has 4 rings (SSSR count). The third kappa shape index (κ3) is 4.97. The molecule has 1 aliphatic rings. The van der Waals surface area contributed by atoms with Crippen LogP contribution in [0.3, 0.4) is 0 Å². The van der Waals surface area contributed by atoms with Crippen LogP contribution in [0.15, 0.2) is 54.7 Å². The van der Waals surface area contributed by atoms with Crippen LogP contribution in [0.1, 0.15) is 24.0 Å². The van der Waals surface area contributed by atoms with Crippen LogP contribution in [0.2, 0.25) is 0 Å². The number of hydrogen-bond donors (Lipinski definition) is 1. The average molecular weight is 419 g/mol. The second-order valence-electron chi connectivity index (χ2n) is 8.22. The summed E-state index contributed by atoms with van der Waals surface area (Å²) < 4.78 is 5.29. The Bertz CT molecular complexity index is 1060. The molecule has 0 saturated carbocycles. The van der Waals surface area contributed by atoms with E-state index in [-0.39, 0.29) is 11.8 Å². The van der Waals surface area contributed by atoms with Crippen LogP contribution in [0, 0.1) is 0 Å². The fraction of sp³-hybridized carbons (Fsp3) is 0.360. The molecule has 1 N–H and O–H groups in total. The minimum Gasteiger partial charge on any atom is -0.497 e. The van der Waals surface area contributed by atoms with E-state index in [0.29, 0.717) is 6.54 Å². The van der Waals surface area contributed by atoms with Crippen molar-refractivity contribution in [1.29, 1.82) is 0 Å². The molecule has 6 nitrogen and oxygen atoms in total. The maximum absolute atomic E-state index is 12.8. The highest BCUT2D eigenvalue weighted by atomic mass is 16.5. The molecule has 2 aromatic carbocycles. The number of nitrogens with zero attached hydrogens (tertiary/aromatic N) is 3. The quantitative estimate of drug-likeness (QED) is 0.665. The van der Waals surface area contributed by atoms with Gasteiger partial charge in [0, 0.05) is 38.9 Å². The van der Waals surface area contributed by atoms with Gasteiger partial charge < -0.3 is 19.9 Å². The molecule has 2 heterocycles. The molecule has 1 aromatic heterocycles. The lowest BCUT2D eigenvalue weighted by Crippen LogP contribution is -2.44. The summed E-state index contributed by atoms with van der Waals surface area (Å²) in [5.41, 5.74) is 2.07. The van der Waals surface area contributed by atoms with Crippen LogP contribution in [-0.2, 0) is 11.3 Å². The molecule has 6 heteroatoms. The molecule has 1 aliphatic heterocycles. The van der Waals surface area contributed by atoms with Gasteiger partial charge in [-0.15, -0.1) is 0 Å². The first-order valence-electron chi connectivity index (χ1n) is 10.8. The number of piperazine rings is 1. The zero-order chi connectivity index (χ0) is 21.8. The predicted octanol–water partition coefficient (Wildman–Crippen LogP) is 3.42. The van der Waals surface area contributed by atoms with Crippen LogP contribution in [0.25, 0.3) is 10.8 Å². The van der Waals surface area contributed by atoms with Crippen molar-refractivity contribution in [1.82, 2.24) is 15.2 Å². The molecule has 1 atom stereocenters. The minimum absolute atomic E-state index is 0.0193. The third-order valence-corrected chi connectivity index (χ3v) is 6.07. The standard InChI is InChI=1S/C25H30N4O2/c1-18(20-4-5-22-16-23(31-3)7-6-21(22)15-20)25(30)27-17-19-8-9-26-24(14-19)29-12-10-28(2)11-13-29/h4-9,14-16,18H,10-13,17H2,1-3H3,(H,27,30)/t18-/m0/s1. The number of ether oxygens (including phenoxy) is 1. The van der Waals surface area contributed by atoms with Crippen molar-refractivity contribution < 1.29 is 9.53 Å². The van der Waals surface area contributed by atoms with E-state index in [9.17, 15) is 4.79 Å². The average Bonchev–Trinajstić information content (AvgIpc) is 2.82. The van der Waals surface area contributed by atoms with Crippen molar-refractivity contribution in [2.75, 3.05) is 45.2 Å². The van der Waals surface area contributed by atoms with Crippen LogP contribution in [0.4, 0.5) is 5.82 Å². The van der Waals surface area contributed by atoms with Crippen molar-refractivity contribution in [2.24, 2.45) is 0 Å². The van der Waals surface area contributed by atoms with E-state index in [1.807, 2.05) is 49.5 Å². The Balaban J connectivity index is 1.39. The fourth-order valence-corrected chi connectivity index (χ4v) is 3.91. The number of carbonyl (C=O) groups excluding carboxylic acids is 1. The van der Waals surface area contributed by atoms with Crippen LogP contribution in [-0.4, -0.2) is 56.1 Å². The van der Waals surface area contributed by atoms with Gasteiger partial charge in [-0.1, -0.05) is 24.3 Å². The molecule has 1 saturated heterocycles. The summed E-state index contributed by atoms with van der Waals surface area (Å²) in [6.07, 6.45) is 1.83. The van der Waals surface area contributed by atoms with Gasteiger partial charge in [0.15, 0.2) is 0 Å². The third-order valence-electron chi connectivity index (χ3n) is 6.07. The maximum Gasteiger partial charge on any atom is 0.227 e. The fourth-order valence-electron chi connectivity index (χ4n) is 3.91. The smallest absolute Gasteiger partial charge is 0.227 e. The number of methoxy groups -OCH3 is 1. The SMILES string of the molecule is COc1ccc2cc([C@H](C)C(=O)NCc3ccnc(N4CCN(C)CC4)c3)ccc2c1. The highest BCUT2D eigenvalue weighted by Crippen LogP contribution is 2.25. The van der Waals surface area contributed by atoms with Crippen molar-refractivity contribution in [3.05, 3.63) is 65.9 Å². The molecule has 0 bridgehead atoms. The Hall–Kier alpha value is -3.12. The summed E-state index contributed by atoms with van der Waals surface area (Å²) in [5, 5.41) is 5.29. The number of anilines is 1. The van der Waals surface area contributed by atoms with Crippen LogP contribution >= 0.6 is 0 Å². The number of benzene rings is 2. The van der Waals surface area contributed by atoms with E-state index >= 15 is 0 Å². The van der Waals surface area contributed by atoms with Gasteiger partial charge in [-0.2, -0.15) is 0 Å². The van der Waals surface area contributed by atoms with E-state index in [2.05, 4.69) is 39.3 Å². The molecular weight excluding hydrogens is 388 g/mol. The Kier molecular flexibility index (Phi) is 6.37. The van der Waals surface area contributed by atoms with Gasteiger partial charge in [-0.25, -0.2) is 4.98 Å². The zero-order valence-electron chi connectivity index (χ0n) is 18.5. The van der Waals surface area contributed by atoms with Gasteiger partial charge >= 0.3 is 0 Å². The summed E-state index contributed by atoms with van der Waals surface area (Å²) >= 11 is 0. The Morgan fingerprint density at radius 3 is 2.58 bits per heavy atom. The monoisotopic (exact) mass is 418 g/mol. The molecule has 0 aliphatic carbocycles. The van der Waals surface area contributed by atoms with Gasteiger partial charge in [0.2, 0.25) is 5.91 Å². The molecule has 162 valence electrons. The van der Waals surface area contributed by atoms with Crippen molar-refractivity contribution in [3.63, 3.8) is 0 Å². The maximum atomic E-state index is 12.8. The zero-order valence-corrected chi connectivity index (χ0v) is 18.5. The molecule has 31 heavy (non-hydrogen) atoms. The van der Waals surface area contributed by atoms with E-state index in [0.717, 1.165) is 59.6 Å². The highest BCUT2D eigenvalue weighted by Gasteiger charge is 2.17. The molecular formula is C25H30N4O2.